The van der Waals surface area contributed by atoms with Crippen LogP contribution in [-0.4, -0.2) is 17.8 Å². The van der Waals surface area contributed by atoms with Gasteiger partial charge in [-0.3, -0.25) is 0 Å². The van der Waals surface area contributed by atoms with Gasteiger partial charge < -0.3 is 10.8 Å². The van der Waals surface area contributed by atoms with Gasteiger partial charge in [0.15, 0.2) is 0 Å². The fraction of sp³-hybridized carbons (Fsp3) is 1.00. The Bertz CT molecular complexity index is 179. The highest BCUT2D eigenvalue weighted by atomic mass is 16.3. The van der Waals surface area contributed by atoms with Gasteiger partial charge in [0.25, 0.3) is 0 Å². The second-order valence-electron chi connectivity index (χ2n) is 5.07. The van der Waals surface area contributed by atoms with E-state index >= 15 is 0 Å². The topological polar surface area (TPSA) is 46.2 Å². The number of nitrogens with two attached hydrogens (primary N) is 1. The van der Waals surface area contributed by atoms with E-state index in [9.17, 15) is 5.11 Å². The Morgan fingerprint density at radius 3 is 2.67 bits per heavy atom. The van der Waals surface area contributed by atoms with Crippen molar-refractivity contribution >= 4 is 0 Å². The highest BCUT2D eigenvalue weighted by Gasteiger charge is 2.42. The van der Waals surface area contributed by atoms with Crippen molar-refractivity contribution in [3.05, 3.63) is 0 Å². The highest BCUT2D eigenvalue weighted by Crippen LogP contribution is 2.48. The van der Waals surface area contributed by atoms with Crippen LogP contribution < -0.4 is 5.73 Å². The molecule has 1 rings (SSSR count). The molecule has 0 aliphatic heterocycles. The minimum Gasteiger partial charge on any atom is -0.396 e. The lowest BCUT2D eigenvalue weighted by atomic mass is 9.59. The standard InChI is InChI=1S/C13H27NO/c1-3-11-7-5-6-8-13(11,9-10-15)12(14)4-2/h11-12,15H,3-10,14H2,1-2H3. The van der Waals surface area contributed by atoms with Crippen LogP contribution in [0.25, 0.3) is 0 Å². The average Bonchev–Trinajstić information content (AvgIpc) is 2.28. The molecule has 90 valence electrons. The van der Waals surface area contributed by atoms with Gasteiger partial charge in [-0.1, -0.05) is 33.1 Å². The number of aliphatic hydroxyl groups excluding tert-OH is 1. The number of hydrogen-bond acceptors (Lipinski definition) is 2. The van der Waals surface area contributed by atoms with Crippen molar-refractivity contribution in [1.29, 1.82) is 0 Å². The Morgan fingerprint density at radius 1 is 1.40 bits per heavy atom. The van der Waals surface area contributed by atoms with Gasteiger partial charge in [-0.25, -0.2) is 0 Å². The van der Waals surface area contributed by atoms with Crippen LogP contribution in [0.2, 0.25) is 0 Å². The SMILES string of the molecule is CCC(N)C1(CCO)CCCCC1CC. The molecule has 2 nitrogen and oxygen atoms in total. The highest BCUT2D eigenvalue weighted by molar-refractivity contribution is 4.95. The maximum absolute atomic E-state index is 9.29. The summed E-state index contributed by atoms with van der Waals surface area (Å²) in [5.41, 5.74) is 6.56. The first kappa shape index (κ1) is 13.0. The van der Waals surface area contributed by atoms with E-state index in [0.29, 0.717) is 6.61 Å². The summed E-state index contributed by atoms with van der Waals surface area (Å²) in [5, 5.41) is 9.29. The Labute approximate surface area is 94.2 Å². The Morgan fingerprint density at radius 2 is 2.13 bits per heavy atom. The van der Waals surface area contributed by atoms with Crippen LogP contribution in [0.15, 0.2) is 0 Å². The van der Waals surface area contributed by atoms with Gasteiger partial charge in [-0.05, 0) is 37.0 Å². The Kier molecular flexibility index (Phi) is 5.07. The minimum atomic E-state index is 0.233. The van der Waals surface area contributed by atoms with Crippen molar-refractivity contribution in [2.24, 2.45) is 17.1 Å². The summed E-state index contributed by atoms with van der Waals surface area (Å²) >= 11 is 0. The van der Waals surface area contributed by atoms with Gasteiger partial charge in [-0.15, -0.1) is 0 Å². The molecule has 0 aromatic rings. The van der Waals surface area contributed by atoms with Crippen molar-refractivity contribution in [3.63, 3.8) is 0 Å². The van der Waals surface area contributed by atoms with Gasteiger partial charge in [0.05, 0.1) is 0 Å². The van der Waals surface area contributed by atoms with Gasteiger partial charge in [0.1, 0.15) is 0 Å². The van der Waals surface area contributed by atoms with Crippen LogP contribution >= 0.6 is 0 Å². The second kappa shape index (κ2) is 5.86. The van der Waals surface area contributed by atoms with Crippen LogP contribution in [0.5, 0.6) is 0 Å². The zero-order valence-electron chi connectivity index (χ0n) is 10.3. The summed E-state index contributed by atoms with van der Waals surface area (Å²) < 4.78 is 0. The molecule has 0 radical (unpaired) electrons. The molecule has 0 saturated heterocycles. The monoisotopic (exact) mass is 213 g/mol. The molecule has 0 heterocycles. The lowest BCUT2D eigenvalue weighted by Crippen LogP contribution is -2.48. The molecule has 0 amide bonds. The third kappa shape index (κ3) is 2.54. The molecule has 3 N–H and O–H groups in total. The number of hydrogen-bond donors (Lipinski definition) is 2. The van der Waals surface area contributed by atoms with E-state index in [1.54, 1.807) is 0 Å². The Hall–Kier alpha value is -0.0800. The molecule has 0 aromatic heterocycles. The molecule has 1 aliphatic rings. The van der Waals surface area contributed by atoms with E-state index in [-0.39, 0.29) is 11.5 Å². The van der Waals surface area contributed by atoms with E-state index in [4.69, 9.17) is 5.73 Å². The predicted molar refractivity (Wildman–Crippen MR) is 64.7 cm³/mol. The molecule has 0 spiro atoms. The molecule has 2 heteroatoms. The summed E-state index contributed by atoms with van der Waals surface area (Å²) in [4.78, 5) is 0. The first-order chi connectivity index (χ1) is 7.21. The average molecular weight is 213 g/mol. The van der Waals surface area contributed by atoms with Crippen molar-refractivity contribution in [1.82, 2.24) is 0 Å². The molecule has 1 fully saturated rings. The van der Waals surface area contributed by atoms with Crippen LogP contribution in [-0.2, 0) is 0 Å². The third-order valence-electron chi connectivity index (χ3n) is 4.51. The second-order valence-corrected chi connectivity index (χ2v) is 5.07. The van der Waals surface area contributed by atoms with Gasteiger partial charge >= 0.3 is 0 Å². The van der Waals surface area contributed by atoms with Crippen molar-refractivity contribution < 1.29 is 5.11 Å². The molecular formula is C13H27NO. The molecule has 1 aliphatic carbocycles. The lowest BCUT2D eigenvalue weighted by Gasteiger charge is -2.48. The summed E-state index contributed by atoms with van der Waals surface area (Å²) in [6.45, 7) is 4.74. The maximum Gasteiger partial charge on any atom is 0.0437 e. The smallest absolute Gasteiger partial charge is 0.0437 e. The fourth-order valence-electron chi connectivity index (χ4n) is 3.56. The van der Waals surface area contributed by atoms with Crippen molar-refractivity contribution in [2.45, 2.75) is 64.8 Å². The molecule has 3 unspecified atom stereocenters. The predicted octanol–water partition coefficient (Wildman–Crippen LogP) is 2.69. The van der Waals surface area contributed by atoms with Gasteiger partial charge in [0.2, 0.25) is 0 Å². The molecule has 0 aromatic carbocycles. The number of aliphatic hydroxyl groups is 1. The van der Waals surface area contributed by atoms with Crippen LogP contribution in [0.4, 0.5) is 0 Å². The van der Waals surface area contributed by atoms with E-state index in [2.05, 4.69) is 13.8 Å². The lowest BCUT2D eigenvalue weighted by molar-refractivity contribution is 0.0289. The Balaban J connectivity index is 2.83. The molecule has 1 saturated carbocycles. The number of rotatable bonds is 5. The summed E-state index contributed by atoms with van der Waals surface area (Å²) in [7, 11) is 0. The quantitative estimate of drug-likeness (QED) is 0.737. The van der Waals surface area contributed by atoms with Crippen molar-refractivity contribution in [2.75, 3.05) is 6.61 Å². The molecule has 3 atom stereocenters. The largest absolute Gasteiger partial charge is 0.396 e. The van der Waals surface area contributed by atoms with Crippen LogP contribution in [0.3, 0.4) is 0 Å². The van der Waals surface area contributed by atoms with E-state index in [1.807, 2.05) is 0 Å². The third-order valence-corrected chi connectivity index (χ3v) is 4.51. The summed E-state index contributed by atoms with van der Waals surface area (Å²) in [6, 6.07) is 0.273. The minimum absolute atomic E-state index is 0.233. The molecular weight excluding hydrogens is 186 g/mol. The maximum atomic E-state index is 9.29. The van der Waals surface area contributed by atoms with E-state index in [0.717, 1.165) is 18.8 Å². The first-order valence-corrected chi connectivity index (χ1v) is 6.57. The first-order valence-electron chi connectivity index (χ1n) is 6.57. The van der Waals surface area contributed by atoms with Crippen LogP contribution in [0.1, 0.15) is 58.8 Å². The van der Waals surface area contributed by atoms with Crippen LogP contribution in [0, 0.1) is 11.3 Å². The van der Waals surface area contributed by atoms with E-state index < -0.39 is 0 Å². The molecule has 15 heavy (non-hydrogen) atoms. The van der Waals surface area contributed by atoms with Gasteiger partial charge in [-0.2, -0.15) is 0 Å². The van der Waals surface area contributed by atoms with Crippen molar-refractivity contribution in [3.8, 4) is 0 Å². The normalized spacial score (nSPS) is 34.0. The summed E-state index contributed by atoms with van der Waals surface area (Å²) in [5.74, 6) is 0.730. The summed E-state index contributed by atoms with van der Waals surface area (Å²) in [6.07, 6.45) is 8.34. The zero-order chi connectivity index (χ0) is 11.3. The van der Waals surface area contributed by atoms with Gasteiger partial charge in [0, 0.05) is 12.6 Å². The fourth-order valence-corrected chi connectivity index (χ4v) is 3.56. The van der Waals surface area contributed by atoms with E-state index in [1.165, 1.54) is 32.1 Å². The molecule has 0 bridgehead atoms. The zero-order valence-corrected chi connectivity index (χ0v) is 10.3.